The minimum atomic E-state index is -0.298. The fraction of sp³-hybridized carbons (Fsp3) is 0.333. The van der Waals surface area contributed by atoms with Gasteiger partial charge in [0.1, 0.15) is 6.04 Å². The lowest BCUT2D eigenvalue weighted by Crippen LogP contribution is -2.10. The van der Waals surface area contributed by atoms with Crippen molar-refractivity contribution in [2.24, 2.45) is 5.73 Å². The highest BCUT2D eigenvalue weighted by molar-refractivity contribution is 7.97. The van der Waals surface area contributed by atoms with E-state index in [-0.39, 0.29) is 6.04 Å². The molecule has 0 saturated carbocycles. The molecule has 2 heterocycles. The molecule has 0 aliphatic rings. The summed E-state index contributed by atoms with van der Waals surface area (Å²) in [6.07, 6.45) is 2.00. The topological polar surface area (TPSA) is 64.9 Å². The fourth-order valence-electron chi connectivity index (χ4n) is 1.17. The second-order valence-corrected chi connectivity index (χ2v) is 4.82. The number of nitrogens with zero attached hydrogens (tertiary/aromatic N) is 2. The summed E-state index contributed by atoms with van der Waals surface area (Å²) in [6, 6.07) is 3.63. The molecule has 2 rings (SSSR count). The van der Waals surface area contributed by atoms with Crippen LogP contribution in [0.2, 0.25) is 0 Å². The maximum absolute atomic E-state index is 5.98. The maximum atomic E-state index is 5.98. The van der Waals surface area contributed by atoms with Gasteiger partial charge in [-0.3, -0.25) is 0 Å². The predicted octanol–water partition coefficient (Wildman–Crippen LogP) is 2.04. The molecule has 1 atom stereocenters. The molecule has 0 amide bonds. The van der Waals surface area contributed by atoms with Crippen LogP contribution in [-0.4, -0.2) is 16.4 Å². The zero-order chi connectivity index (χ0) is 10.7. The van der Waals surface area contributed by atoms with Gasteiger partial charge in [0.15, 0.2) is 5.82 Å². The zero-order valence-corrected chi connectivity index (χ0v) is 9.85. The van der Waals surface area contributed by atoms with Crippen molar-refractivity contribution in [3.63, 3.8) is 0 Å². The van der Waals surface area contributed by atoms with Crippen LogP contribution in [0.4, 0.5) is 0 Å². The Kier molecular flexibility index (Phi) is 3.40. The number of thioether (sulfide) groups is 1. The molecule has 1 unspecified atom stereocenters. The van der Waals surface area contributed by atoms with Crippen molar-refractivity contribution in [2.75, 3.05) is 6.26 Å². The summed E-state index contributed by atoms with van der Waals surface area (Å²) in [6.45, 7) is 0. The van der Waals surface area contributed by atoms with Crippen molar-refractivity contribution in [3.05, 3.63) is 34.1 Å². The van der Waals surface area contributed by atoms with Gasteiger partial charge in [-0.05, 0) is 17.7 Å². The Morgan fingerprint density at radius 3 is 3.20 bits per heavy atom. The summed E-state index contributed by atoms with van der Waals surface area (Å²) in [7, 11) is 0. The van der Waals surface area contributed by atoms with Gasteiger partial charge in [-0.1, -0.05) is 11.2 Å². The first kappa shape index (κ1) is 10.7. The highest BCUT2D eigenvalue weighted by atomic mass is 32.2. The second kappa shape index (κ2) is 4.78. The van der Waals surface area contributed by atoms with Crippen LogP contribution in [0.5, 0.6) is 0 Å². The van der Waals surface area contributed by atoms with Crippen LogP contribution < -0.4 is 5.73 Å². The molecule has 0 fully saturated rings. The SMILES string of the molecule is CSCc1noc(C(N)c2cccs2)n1. The molecule has 0 aliphatic carbocycles. The van der Waals surface area contributed by atoms with Gasteiger partial charge in [0, 0.05) is 4.88 Å². The normalized spacial score (nSPS) is 12.9. The van der Waals surface area contributed by atoms with E-state index in [9.17, 15) is 0 Å². The third-order valence-corrected chi connectivity index (χ3v) is 3.38. The summed E-state index contributed by atoms with van der Waals surface area (Å²) in [5, 5.41) is 5.84. The Hall–Kier alpha value is -0.850. The molecule has 0 saturated heterocycles. The van der Waals surface area contributed by atoms with Gasteiger partial charge >= 0.3 is 0 Å². The monoisotopic (exact) mass is 241 g/mol. The van der Waals surface area contributed by atoms with Crippen LogP contribution in [0.25, 0.3) is 0 Å². The highest BCUT2D eigenvalue weighted by Gasteiger charge is 2.17. The van der Waals surface area contributed by atoms with Crippen molar-refractivity contribution in [2.45, 2.75) is 11.8 Å². The molecule has 2 aromatic heterocycles. The van der Waals surface area contributed by atoms with E-state index in [1.54, 1.807) is 23.1 Å². The summed E-state index contributed by atoms with van der Waals surface area (Å²) < 4.78 is 5.11. The summed E-state index contributed by atoms with van der Waals surface area (Å²) >= 11 is 3.24. The van der Waals surface area contributed by atoms with E-state index in [1.165, 1.54) is 0 Å². The molecular weight excluding hydrogens is 230 g/mol. The van der Waals surface area contributed by atoms with Crippen LogP contribution >= 0.6 is 23.1 Å². The Morgan fingerprint density at radius 1 is 1.67 bits per heavy atom. The lowest BCUT2D eigenvalue weighted by molar-refractivity contribution is 0.364. The van der Waals surface area contributed by atoms with E-state index in [1.807, 2.05) is 23.8 Å². The van der Waals surface area contributed by atoms with Gasteiger partial charge in [-0.15, -0.1) is 11.3 Å². The van der Waals surface area contributed by atoms with E-state index in [0.29, 0.717) is 11.7 Å². The van der Waals surface area contributed by atoms with Gasteiger partial charge in [0.05, 0.1) is 5.75 Å². The second-order valence-electron chi connectivity index (χ2n) is 2.97. The molecule has 0 aliphatic heterocycles. The number of hydrogen-bond donors (Lipinski definition) is 1. The number of thiophene rings is 1. The number of aromatic nitrogens is 2. The Morgan fingerprint density at radius 2 is 2.53 bits per heavy atom. The lowest BCUT2D eigenvalue weighted by atomic mass is 10.2. The molecule has 2 N–H and O–H groups in total. The summed E-state index contributed by atoms with van der Waals surface area (Å²) in [5.74, 6) is 1.94. The molecule has 6 heteroatoms. The van der Waals surface area contributed by atoms with E-state index in [2.05, 4.69) is 10.1 Å². The van der Waals surface area contributed by atoms with Crippen molar-refractivity contribution < 1.29 is 4.52 Å². The van der Waals surface area contributed by atoms with Crippen LogP contribution in [0.15, 0.2) is 22.0 Å². The van der Waals surface area contributed by atoms with Crippen LogP contribution in [0, 0.1) is 0 Å². The largest absolute Gasteiger partial charge is 0.337 e. The molecule has 0 bridgehead atoms. The lowest BCUT2D eigenvalue weighted by Gasteiger charge is -2.01. The van der Waals surface area contributed by atoms with Gasteiger partial charge < -0.3 is 10.3 Å². The maximum Gasteiger partial charge on any atom is 0.249 e. The predicted molar refractivity (Wildman–Crippen MR) is 61.9 cm³/mol. The van der Waals surface area contributed by atoms with E-state index >= 15 is 0 Å². The average molecular weight is 241 g/mol. The van der Waals surface area contributed by atoms with E-state index in [0.717, 1.165) is 10.6 Å². The minimum absolute atomic E-state index is 0.298. The third-order valence-electron chi connectivity index (χ3n) is 1.87. The quantitative estimate of drug-likeness (QED) is 0.887. The standard InChI is InChI=1S/C9H11N3OS2/c1-14-5-7-11-9(13-12-7)8(10)6-3-2-4-15-6/h2-4,8H,5,10H2,1H3. The molecule has 0 spiro atoms. The molecule has 2 aromatic rings. The van der Waals surface area contributed by atoms with Gasteiger partial charge in [-0.2, -0.15) is 16.7 Å². The first-order valence-electron chi connectivity index (χ1n) is 4.41. The van der Waals surface area contributed by atoms with Gasteiger partial charge in [-0.25, -0.2) is 0 Å². The van der Waals surface area contributed by atoms with E-state index in [4.69, 9.17) is 10.3 Å². The Balaban J connectivity index is 2.15. The first-order chi connectivity index (χ1) is 7.31. The van der Waals surface area contributed by atoms with Crippen molar-refractivity contribution in [1.29, 1.82) is 0 Å². The highest BCUT2D eigenvalue weighted by Crippen LogP contribution is 2.22. The molecule has 0 aromatic carbocycles. The summed E-state index contributed by atoms with van der Waals surface area (Å²) in [5.41, 5.74) is 5.98. The molecule has 0 radical (unpaired) electrons. The minimum Gasteiger partial charge on any atom is -0.337 e. The number of rotatable bonds is 4. The van der Waals surface area contributed by atoms with Crippen LogP contribution in [-0.2, 0) is 5.75 Å². The van der Waals surface area contributed by atoms with Crippen LogP contribution in [0.1, 0.15) is 22.6 Å². The van der Waals surface area contributed by atoms with E-state index < -0.39 is 0 Å². The molecular formula is C9H11N3OS2. The molecule has 15 heavy (non-hydrogen) atoms. The van der Waals surface area contributed by atoms with Crippen LogP contribution in [0.3, 0.4) is 0 Å². The van der Waals surface area contributed by atoms with Crippen molar-refractivity contribution >= 4 is 23.1 Å². The van der Waals surface area contributed by atoms with Crippen molar-refractivity contribution in [3.8, 4) is 0 Å². The van der Waals surface area contributed by atoms with Gasteiger partial charge in [0.25, 0.3) is 0 Å². The molecule has 80 valence electrons. The fourth-order valence-corrected chi connectivity index (χ4v) is 2.27. The Bertz CT molecular complexity index is 413. The first-order valence-corrected chi connectivity index (χ1v) is 6.69. The number of hydrogen-bond acceptors (Lipinski definition) is 6. The summed E-state index contributed by atoms with van der Waals surface area (Å²) in [4.78, 5) is 5.28. The smallest absolute Gasteiger partial charge is 0.249 e. The average Bonchev–Trinajstić information content (AvgIpc) is 2.87. The zero-order valence-electron chi connectivity index (χ0n) is 8.21. The third kappa shape index (κ3) is 2.39. The molecule has 4 nitrogen and oxygen atoms in total. The van der Waals surface area contributed by atoms with Gasteiger partial charge in [0.2, 0.25) is 5.89 Å². The number of nitrogens with two attached hydrogens (primary N) is 1. The Labute approximate surface area is 95.9 Å². The van der Waals surface area contributed by atoms with Crippen molar-refractivity contribution in [1.82, 2.24) is 10.1 Å².